The van der Waals surface area contributed by atoms with Gasteiger partial charge < -0.3 is 0 Å². The van der Waals surface area contributed by atoms with Crippen LogP contribution in [0.25, 0.3) is 6.08 Å². The summed E-state index contributed by atoms with van der Waals surface area (Å²) in [6.07, 6.45) is 2.66. The van der Waals surface area contributed by atoms with Gasteiger partial charge in [0.05, 0.1) is 0 Å². The van der Waals surface area contributed by atoms with Gasteiger partial charge in [0.2, 0.25) is 0 Å². The van der Waals surface area contributed by atoms with E-state index < -0.39 is 11.6 Å². The average molecular weight is 323 g/mol. The lowest BCUT2D eigenvalue weighted by molar-refractivity contribution is 0.104. The predicted molar refractivity (Wildman–Crippen MR) is 73.9 cm³/mol. The Bertz CT molecular complexity index is 633. The number of hydrogen-bond donors (Lipinski definition) is 0. The fourth-order valence-electron chi connectivity index (χ4n) is 1.52. The van der Waals surface area contributed by atoms with E-state index in [9.17, 15) is 13.6 Å². The first-order valence-electron chi connectivity index (χ1n) is 5.49. The fourth-order valence-corrected chi connectivity index (χ4v) is 1.90. The molecule has 0 amide bonds. The van der Waals surface area contributed by atoms with Crippen molar-refractivity contribution < 1.29 is 13.6 Å². The van der Waals surface area contributed by atoms with Crippen molar-refractivity contribution in [1.29, 1.82) is 0 Å². The maximum absolute atomic E-state index is 13.4. The van der Waals surface area contributed by atoms with Gasteiger partial charge in [-0.05, 0) is 54.6 Å². The Morgan fingerprint density at radius 3 is 2.42 bits per heavy atom. The first-order chi connectivity index (χ1) is 9.06. The molecule has 0 aliphatic rings. The molecule has 0 bridgehead atoms. The molecule has 0 N–H and O–H groups in total. The Labute approximate surface area is 117 Å². The summed E-state index contributed by atoms with van der Waals surface area (Å²) in [6.45, 7) is 0. The van der Waals surface area contributed by atoms with Crippen LogP contribution in [0.15, 0.2) is 53.0 Å². The highest BCUT2D eigenvalue weighted by atomic mass is 79.9. The van der Waals surface area contributed by atoms with E-state index in [1.54, 1.807) is 12.1 Å². The van der Waals surface area contributed by atoms with Crippen molar-refractivity contribution in [2.45, 2.75) is 0 Å². The molecule has 2 aromatic carbocycles. The summed E-state index contributed by atoms with van der Waals surface area (Å²) in [4.78, 5) is 11.8. The van der Waals surface area contributed by atoms with Crippen molar-refractivity contribution in [1.82, 2.24) is 0 Å². The molecule has 0 aliphatic heterocycles. The first kappa shape index (κ1) is 13.6. The maximum Gasteiger partial charge on any atom is 0.185 e. The summed E-state index contributed by atoms with van der Waals surface area (Å²) in [6, 6.07) is 9.66. The molecule has 1 nitrogen and oxygen atoms in total. The molecule has 0 unspecified atom stereocenters. The van der Waals surface area contributed by atoms with Gasteiger partial charge in [0.15, 0.2) is 5.78 Å². The molecule has 0 aliphatic carbocycles. The van der Waals surface area contributed by atoms with Crippen LogP contribution in [0, 0.1) is 11.6 Å². The van der Waals surface area contributed by atoms with Crippen molar-refractivity contribution in [3.8, 4) is 0 Å². The van der Waals surface area contributed by atoms with E-state index in [1.165, 1.54) is 42.5 Å². The third-order valence-corrected chi connectivity index (χ3v) is 2.99. The molecule has 0 atom stereocenters. The Hall–Kier alpha value is -1.81. The molecule has 96 valence electrons. The topological polar surface area (TPSA) is 17.1 Å². The second kappa shape index (κ2) is 5.89. The van der Waals surface area contributed by atoms with E-state index in [0.717, 1.165) is 4.47 Å². The first-order valence-corrected chi connectivity index (χ1v) is 6.28. The van der Waals surface area contributed by atoms with E-state index in [2.05, 4.69) is 15.9 Å². The molecule has 0 radical (unpaired) electrons. The fraction of sp³-hybridized carbons (Fsp3) is 0. The zero-order chi connectivity index (χ0) is 13.8. The van der Waals surface area contributed by atoms with Crippen molar-refractivity contribution in [3.05, 3.63) is 75.8 Å². The maximum atomic E-state index is 13.4. The van der Waals surface area contributed by atoms with Crippen molar-refractivity contribution in [2.24, 2.45) is 0 Å². The van der Waals surface area contributed by atoms with Crippen LogP contribution in [0.2, 0.25) is 0 Å². The highest BCUT2D eigenvalue weighted by Crippen LogP contribution is 2.17. The van der Waals surface area contributed by atoms with E-state index in [0.29, 0.717) is 11.1 Å². The summed E-state index contributed by atoms with van der Waals surface area (Å²) in [5, 5.41) is 0. The van der Waals surface area contributed by atoms with Crippen molar-refractivity contribution in [2.75, 3.05) is 0 Å². The molecule has 0 fully saturated rings. The van der Waals surface area contributed by atoms with E-state index in [-0.39, 0.29) is 5.78 Å². The molecular formula is C15H9BrF2O. The summed E-state index contributed by atoms with van der Waals surface area (Å²) in [7, 11) is 0. The van der Waals surface area contributed by atoms with Crippen LogP contribution in [-0.2, 0) is 0 Å². The number of hydrogen-bond acceptors (Lipinski definition) is 1. The Kier molecular flexibility index (Phi) is 4.22. The molecule has 2 aromatic rings. The number of halogens is 3. The van der Waals surface area contributed by atoms with Gasteiger partial charge in [-0.25, -0.2) is 8.78 Å². The van der Waals surface area contributed by atoms with Crippen molar-refractivity contribution >= 4 is 27.8 Å². The standard InChI is InChI=1S/C15H9BrF2O/c16-12-4-7-14(18)11(9-12)3-8-15(19)10-1-5-13(17)6-2-10/h1-9H/b8-3+. The van der Waals surface area contributed by atoms with E-state index in [1.807, 2.05) is 0 Å². The van der Waals surface area contributed by atoms with Crippen LogP contribution in [0.3, 0.4) is 0 Å². The molecule has 2 rings (SSSR count). The summed E-state index contributed by atoms with van der Waals surface area (Å²) in [5.74, 6) is -1.12. The van der Waals surface area contributed by atoms with Gasteiger partial charge in [-0.1, -0.05) is 15.9 Å². The largest absolute Gasteiger partial charge is 0.289 e. The number of allylic oxidation sites excluding steroid dienone is 1. The number of benzene rings is 2. The third-order valence-electron chi connectivity index (χ3n) is 2.50. The minimum atomic E-state index is -0.411. The smallest absolute Gasteiger partial charge is 0.185 e. The SMILES string of the molecule is O=C(/C=C/c1cc(Br)ccc1F)c1ccc(F)cc1. The number of carbonyl (C=O) groups excluding carboxylic acids is 1. The third kappa shape index (κ3) is 3.58. The van der Waals surface area contributed by atoms with Crippen LogP contribution in [0.1, 0.15) is 15.9 Å². The van der Waals surface area contributed by atoms with Crippen molar-refractivity contribution in [3.63, 3.8) is 0 Å². The van der Waals surface area contributed by atoms with Gasteiger partial charge in [0, 0.05) is 15.6 Å². The molecule has 19 heavy (non-hydrogen) atoms. The lowest BCUT2D eigenvalue weighted by Crippen LogP contribution is -1.94. The summed E-state index contributed by atoms with van der Waals surface area (Å²) in [5.41, 5.74) is 0.665. The van der Waals surface area contributed by atoms with Gasteiger partial charge in [-0.3, -0.25) is 4.79 Å². The van der Waals surface area contributed by atoms with Crippen LogP contribution >= 0.6 is 15.9 Å². The number of carbonyl (C=O) groups is 1. The molecule has 0 spiro atoms. The second-order valence-corrected chi connectivity index (χ2v) is 4.79. The zero-order valence-electron chi connectivity index (χ0n) is 9.74. The van der Waals surface area contributed by atoms with E-state index in [4.69, 9.17) is 0 Å². The summed E-state index contributed by atoms with van der Waals surface area (Å²) >= 11 is 3.23. The van der Waals surface area contributed by atoms with Crippen LogP contribution < -0.4 is 0 Å². The summed E-state index contributed by atoms with van der Waals surface area (Å²) < 4.78 is 26.9. The highest BCUT2D eigenvalue weighted by molar-refractivity contribution is 9.10. The van der Waals surface area contributed by atoms with Crippen LogP contribution in [0.5, 0.6) is 0 Å². The normalized spacial score (nSPS) is 10.9. The molecule has 0 aromatic heterocycles. The lowest BCUT2D eigenvalue weighted by atomic mass is 10.1. The quantitative estimate of drug-likeness (QED) is 0.595. The molecule has 0 heterocycles. The number of ketones is 1. The minimum Gasteiger partial charge on any atom is -0.289 e. The Balaban J connectivity index is 2.20. The minimum absolute atomic E-state index is 0.306. The van der Waals surface area contributed by atoms with Crippen LogP contribution in [0.4, 0.5) is 8.78 Å². The molecular weight excluding hydrogens is 314 g/mol. The highest BCUT2D eigenvalue weighted by Gasteiger charge is 2.03. The van der Waals surface area contributed by atoms with Gasteiger partial charge >= 0.3 is 0 Å². The van der Waals surface area contributed by atoms with Gasteiger partial charge in [0.1, 0.15) is 11.6 Å². The number of rotatable bonds is 3. The lowest BCUT2D eigenvalue weighted by Gasteiger charge is -1.98. The monoisotopic (exact) mass is 322 g/mol. The van der Waals surface area contributed by atoms with E-state index >= 15 is 0 Å². The second-order valence-electron chi connectivity index (χ2n) is 3.87. The molecule has 0 saturated heterocycles. The van der Waals surface area contributed by atoms with Gasteiger partial charge in [0.25, 0.3) is 0 Å². The Morgan fingerprint density at radius 1 is 1.05 bits per heavy atom. The predicted octanol–water partition coefficient (Wildman–Crippen LogP) is 4.62. The molecule has 4 heteroatoms. The van der Waals surface area contributed by atoms with Gasteiger partial charge in [-0.15, -0.1) is 0 Å². The Morgan fingerprint density at radius 2 is 1.74 bits per heavy atom. The van der Waals surface area contributed by atoms with Crippen LogP contribution in [-0.4, -0.2) is 5.78 Å². The molecule has 0 saturated carbocycles. The zero-order valence-corrected chi connectivity index (χ0v) is 11.3. The average Bonchev–Trinajstić information content (AvgIpc) is 2.40. The van der Waals surface area contributed by atoms with Gasteiger partial charge in [-0.2, -0.15) is 0 Å².